The summed E-state index contributed by atoms with van der Waals surface area (Å²) in [5.41, 5.74) is 1.89. The van der Waals surface area contributed by atoms with Crippen LogP contribution in [-0.4, -0.2) is 19.3 Å². The summed E-state index contributed by atoms with van der Waals surface area (Å²) in [5, 5.41) is 3.70. The van der Waals surface area contributed by atoms with Crippen molar-refractivity contribution in [2.45, 2.75) is 57.4 Å². The largest absolute Gasteiger partial charge is 0.486 e. The molecule has 21 heavy (non-hydrogen) atoms. The van der Waals surface area contributed by atoms with Crippen LogP contribution in [0.4, 0.5) is 5.69 Å². The maximum absolute atomic E-state index is 5.66. The fourth-order valence-corrected chi connectivity index (χ4v) is 4.37. The Morgan fingerprint density at radius 2 is 1.62 bits per heavy atom. The van der Waals surface area contributed by atoms with Crippen LogP contribution in [0, 0.1) is 5.41 Å². The molecule has 1 aromatic rings. The first kappa shape index (κ1) is 13.3. The van der Waals surface area contributed by atoms with E-state index in [0.717, 1.165) is 11.5 Å². The summed E-state index contributed by atoms with van der Waals surface area (Å²) in [6, 6.07) is 6.86. The molecule has 4 rings (SSSR count). The Morgan fingerprint density at radius 1 is 0.905 bits per heavy atom. The highest BCUT2D eigenvalue weighted by atomic mass is 16.6. The SMILES string of the molecule is c1cc2c(cc1NC1CCC3(CCCC3)CC1)OCCO2. The van der Waals surface area contributed by atoms with E-state index in [1.54, 1.807) is 0 Å². The van der Waals surface area contributed by atoms with Crippen molar-refractivity contribution in [2.24, 2.45) is 5.41 Å². The predicted molar refractivity (Wildman–Crippen MR) is 84.2 cm³/mol. The predicted octanol–water partition coefficient (Wildman–Crippen LogP) is 4.37. The fraction of sp³-hybridized carbons (Fsp3) is 0.667. The Hall–Kier alpha value is -1.38. The zero-order chi connectivity index (χ0) is 14.1. The summed E-state index contributed by atoms with van der Waals surface area (Å²) in [4.78, 5) is 0. The highest BCUT2D eigenvalue weighted by molar-refractivity contribution is 5.55. The van der Waals surface area contributed by atoms with E-state index in [1.165, 1.54) is 57.1 Å². The van der Waals surface area contributed by atoms with Gasteiger partial charge in [-0.05, 0) is 56.1 Å². The maximum Gasteiger partial charge on any atom is 0.163 e. The minimum absolute atomic E-state index is 0.624. The summed E-state index contributed by atoms with van der Waals surface area (Å²) in [5.74, 6) is 1.76. The van der Waals surface area contributed by atoms with E-state index in [1.807, 2.05) is 6.07 Å². The Labute approximate surface area is 127 Å². The molecule has 0 atom stereocenters. The van der Waals surface area contributed by atoms with Crippen LogP contribution in [0.5, 0.6) is 11.5 Å². The average Bonchev–Trinajstić information content (AvgIpc) is 2.98. The first-order valence-corrected chi connectivity index (χ1v) is 8.49. The van der Waals surface area contributed by atoms with Crippen LogP contribution in [0.25, 0.3) is 0 Å². The van der Waals surface area contributed by atoms with Crippen molar-refractivity contribution in [2.75, 3.05) is 18.5 Å². The molecule has 3 aliphatic rings. The van der Waals surface area contributed by atoms with Crippen molar-refractivity contribution in [1.82, 2.24) is 0 Å². The van der Waals surface area contributed by atoms with E-state index in [0.29, 0.717) is 24.7 Å². The molecular formula is C18H25NO2. The highest BCUT2D eigenvalue weighted by Crippen LogP contribution is 2.49. The van der Waals surface area contributed by atoms with Crippen LogP contribution in [-0.2, 0) is 0 Å². The lowest BCUT2D eigenvalue weighted by Crippen LogP contribution is -2.31. The van der Waals surface area contributed by atoms with Gasteiger partial charge in [-0.2, -0.15) is 0 Å². The summed E-state index contributed by atoms with van der Waals surface area (Å²) < 4.78 is 11.2. The second-order valence-electron chi connectivity index (χ2n) is 6.98. The highest BCUT2D eigenvalue weighted by Gasteiger charge is 2.37. The van der Waals surface area contributed by atoms with Gasteiger partial charge in [0, 0.05) is 17.8 Å². The second-order valence-corrected chi connectivity index (χ2v) is 6.98. The molecule has 1 aliphatic heterocycles. The van der Waals surface area contributed by atoms with Crippen molar-refractivity contribution in [3.05, 3.63) is 18.2 Å². The van der Waals surface area contributed by atoms with E-state index in [-0.39, 0.29) is 0 Å². The van der Waals surface area contributed by atoms with Crippen molar-refractivity contribution in [3.8, 4) is 11.5 Å². The van der Waals surface area contributed by atoms with Gasteiger partial charge < -0.3 is 14.8 Å². The molecule has 2 saturated carbocycles. The molecule has 1 aromatic carbocycles. The number of rotatable bonds is 2. The summed E-state index contributed by atoms with van der Waals surface area (Å²) in [6.07, 6.45) is 11.3. The Balaban J connectivity index is 1.38. The molecule has 2 fully saturated rings. The maximum atomic E-state index is 5.66. The van der Waals surface area contributed by atoms with E-state index in [2.05, 4.69) is 17.4 Å². The molecule has 0 bridgehead atoms. The lowest BCUT2D eigenvalue weighted by atomic mass is 9.71. The minimum atomic E-state index is 0.624. The third-order valence-corrected chi connectivity index (χ3v) is 5.62. The number of benzene rings is 1. The summed E-state index contributed by atoms with van der Waals surface area (Å²) in [7, 11) is 0. The third kappa shape index (κ3) is 2.70. The van der Waals surface area contributed by atoms with E-state index < -0.39 is 0 Å². The first-order valence-electron chi connectivity index (χ1n) is 8.49. The van der Waals surface area contributed by atoms with E-state index >= 15 is 0 Å². The van der Waals surface area contributed by atoms with Crippen molar-refractivity contribution < 1.29 is 9.47 Å². The molecular weight excluding hydrogens is 262 g/mol. The average molecular weight is 287 g/mol. The number of hydrogen-bond acceptors (Lipinski definition) is 3. The quantitative estimate of drug-likeness (QED) is 0.876. The zero-order valence-corrected chi connectivity index (χ0v) is 12.7. The van der Waals surface area contributed by atoms with Crippen molar-refractivity contribution >= 4 is 5.69 Å². The van der Waals surface area contributed by atoms with E-state index in [4.69, 9.17) is 9.47 Å². The normalized spacial score (nSPS) is 24.2. The van der Waals surface area contributed by atoms with Crippen LogP contribution in [0.2, 0.25) is 0 Å². The number of fused-ring (bicyclic) bond motifs is 1. The summed E-state index contributed by atoms with van der Waals surface area (Å²) in [6.45, 7) is 1.31. The zero-order valence-electron chi connectivity index (χ0n) is 12.7. The van der Waals surface area contributed by atoms with Crippen LogP contribution in [0.1, 0.15) is 51.4 Å². The topological polar surface area (TPSA) is 30.5 Å². The molecule has 1 N–H and O–H groups in total. The smallest absolute Gasteiger partial charge is 0.163 e. The molecule has 0 saturated heterocycles. The van der Waals surface area contributed by atoms with Gasteiger partial charge in [-0.25, -0.2) is 0 Å². The van der Waals surface area contributed by atoms with Crippen LogP contribution < -0.4 is 14.8 Å². The Morgan fingerprint density at radius 3 is 2.38 bits per heavy atom. The summed E-state index contributed by atoms with van der Waals surface area (Å²) >= 11 is 0. The van der Waals surface area contributed by atoms with E-state index in [9.17, 15) is 0 Å². The number of ether oxygens (including phenoxy) is 2. The lowest BCUT2D eigenvalue weighted by Gasteiger charge is -2.38. The molecule has 3 nitrogen and oxygen atoms in total. The van der Waals surface area contributed by atoms with Gasteiger partial charge in [0.25, 0.3) is 0 Å². The van der Waals surface area contributed by atoms with Crippen LogP contribution >= 0.6 is 0 Å². The van der Waals surface area contributed by atoms with Gasteiger partial charge in [-0.3, -0.25) is 0 Å². The molecule has 1 heterocycles. The van der Waals surface area contributed by atoms with Crippen molar-refractivity contribution in [1.29, 1.82) is 0 Å². The van der Waals surface area contributed by atoms with Gasteiger partial charge in [-0.15, -0.1) is 0 Å². The molecule has 1 spiro atoms. The Kier molecular flexibility index (Phi) is 3.44. The van der Waals surface area contributed by atoms with Gasteiger partial charge in [0.15, 0.2) is 11.5 Å². The van der Waals surface area contributed by atoms with Gasteiger partial charge in [-0.1, -0.05) is 12.8 Å². The van der Waals surface area contributed by atoms with Gasteiger partial charge in [0.2, 0.25) is 0 Å². The molecule has 0 aromatic heterocycles. The third-order valence-electron chi connectivity index (χ3n) is 5.62. The molecule has 3 heteroatoms. The second kappa shape index (κ2) is 5.43. The minimum Gasteiger partial charge on any atom is -0.486 e. The van der Waals surface area contributed by atoms with Crippen LogP contribution in [0.3, 0.4) is 0 Å². The first-order chi connectivity index (χ1) is 10.3. The van der Waals surface area contributed by atoms with Gasteiger partial charge in [0.05, 0.1) is 0 Å². The monoisotopic (exact) mass is 287 g/mol. The molecule has 0 unspecified atom stereocenters. The number of hydrogen-bond donors (Lipinski definition) is 1. The standard InChI is InChI=1S/C18H25NO2/c1-2-8-18(7-1)9-5-14(6-10-18)19-15-3-4-16-17(13-15)21-12-11-20-16/h3-4,13-14,19H,1-2,5-12H2. The fourth-order valence-electron chi connectivity index (χ4n) is 4.37. The number of anilines is 1. The van der Waals surface area contributed by atoms with Crippen molar-refractivity contribution in [3.63, 3.8) is 0 Å². The molecule has 0 radical (unpaired) electrons. The Bertz CT molecular complexity index is 498. The van der Waals surface area contributed by atoms with Gasteiger partial charge >= 0.3 is 0 Å². The van der Waals surface area contributed by atoms with Crippen LogP contribution in [0.15, 0.2) is 18.2 Å². The molecule has 2 aliphatic carbocycles. The molecule has 0 amide bonds. The molecule has 114 valence electrons. The van der Waals surface area contributed by atoms with Gasteiger partial charge in [0.1, 0.15) is 13.2 Å². The number of nitrogens with one attached hydrogen (secondary N) is 1. The lowest BCUT2D eigenvalue weighted by molar-refractivity contribution is 0.171.